The van der Waals surface area contributed by atoms with Crippen LogP contribution in [0, 0.1) is 5.41 Å². The number of allylic oxidation sites excluding steroid dienone is 2. The molecule has 0 bridgehead atoms. The Morgan fingerprint density at radius 2 is 2.00 bits per heavy atom. The zero-order valence-electron chi connectivity index (χ0n) is 6.77. The number of hydrogen-bond acceptors (Lipinski definition) is 1. The van der Waals surface area contributed by atoms with E-state index in [-0.39, 0.29) is 0 Å². The molecule has 1 aliphatic rings. The molecule has 0 aromatic rings. The first kappa shape index (κ1) is 7.80. The van der Waals surface area contributed by atoms with Gasteiger partial charge in [-0.25, -0.2) is 0 Å². The summed E-state index contributed by atoms with van der Waals surface area (Å²) in [6, 6.07) is 0. The highest BCUT2D eigenvalue weighted by molar-refractivity contribution is 5.02. The Bertz CT molecular complexity index is 119. The van der Waals surface area contributed by atoms with Crippen molar-refractivity contribution in [2.24, 2.45) is 11.1 Å². The van der Waals surface area contributed by atoms with Crippen molar-refractivity contribution in [1.82, 2.24) is 0 Å². The molecule has 58 valence electrons. The Kier molecular flexibility index (Phi) is 2.50. The van der Waals surface area contributed by atoms with E-state index in [2.05, 4.69) is 19.1 Å². The lowest BCUT2D eigenvalue weighted by Gasteiger charge is -2.26. The summed E-state index contributed by atoms with van der Waals surface area (Å²) in [5.74, 6) is 0. The van der Waals surface area contributed by atoms with E-state index in [1.54, 1.807) is 0 Å². The van der Waals surface area contributed by atoms with E-state index >= 15 is 0 Å². The van der Waals surface area contributed by atoms with Crippen LogP contribution in [0.5, 0.6) is 0 Å². The second-order valence-corrected chi connectivity index (χ2v) is 3.27. The maximum Gasteiger partial charge on any atom is -0.00718 e. The van der Waals surface area contributed by atoms with Crippen LogP contribution in [0.4, 0.5) is 0 Å². The summed E-state index contributed by atoms with van der Waals surface area (Å²) in [6.07, 6.45) is 9.55. The molecule has 1 rings (SSSR count). The standard InChI is InChI=1S/C9H17N/c1-2-9(7-8-10)5-3-4-6-9/h3-4H,2,5-8,10H2,1H3. The Morgan fingerprint density at radius 1 is 1.40 bits per heavy atom. The lowest BCUT2D eigenvalue weighted by atomic mass is 9.80. The second kappa shape index (κ2) is 3.20. The van der Waals surface area contributed by atoms with Crippen LogP contribution in [-0.4, -0.2) is 6.54 Å². The highest BCUT2D eigenvalue weighted by Gasteiger charge is 2.27. The van der Waals surface area contributed by atoms with Gasteiger partial charge in [0.1, 0.15) is 0 Å². The van der Waals surface area contributed by atoms with Gasteiger partial charge in [-0.2, -0.15) is 0 Å². The minimum absolute atomic E-state index is 0.550. The molecule has 10 heavy (non-hydrogen) atoms. The number of nitrogens with two attached hydrogens (primary N) is 1. The lowest BCUT2D eigenvalue weighted by Crippen LogP contribution is -2.20. The van der Waals surface area contributed by atoms with Crippen molar-refractivity contribution in [2.45, 2.75) is 32.6 Å². The van der Waals surface area contributed by atoms with Gasteiger partial charge in [0, 0.05) is 0 Å². The van der Waals surface area contributed by atoms with E-state index < -0.39 is 0 Å². The fourth-order valence-corrected chi connectivity index (χ4v) is 1.73. The Balaban J connectivity index is 2.44. The summed E-state index contributed by atoms with van der Waals surface area (Å²) < 4.78 is 0. The molecule has 0 saturated heterocycles. The second-order valence-electron chi connectivity index (χ2n) is 3.27. The Labute approximate surface area is 63.3 Å². The molecule has 0 aromatic heterocycles. The van der Waals surface area contributed by atoms with Crippen LogP contribution < -0.4 is 5.73 Å². The summed E-state index contributed by atoms with van der Waals surface area (Å²) in [7, 11) is 0. The van der Waals surface area contributed by atoms with Crippen molar-refractivity contribution in [3.05, 3.63) is 12.2 Å². The molecule has 1 heteroatoms. The molecule has 0 fully saturated rings. The van der Waals surface area contributed by atoms with Gasteiger partial charge in [0.2, 0.25) is 0 Å². The van der Waals surface area contributed by atoms with Crippen LogP contribution in [0.25, 0.3) is 0 Å². The maximum atomic E-state index is 5.54. The molecule has 2 N–H and O–H groups in total. The lowest BCUT2D eigenvalue weighted by molar-refractivity contribution is 0.277. The van der Waals surface area contributed by atoms with E-state index in [4.69, 9.17) is 5.73 Å². The highest BCUT2D eigenvalue weighted by Crippen LogP contribution is 2.39. The molecule has 0 aromatic carbocycles. The van der Waals surface area contributed by atoms with Crippen molar-refractivity contribution in [3.63, 3.8) is 0 Å². The first-order chi connectivity index (χ1) is 4.83. The minimum atomic E-state index is 0.550. The Hall–Kier alpha value is -0.300. The molecule has 0 spiro atoms. The van der Waals surface area contributed by atoms with Crippen LogP contribution >= 0.6 is 0 Å². The van der Waals surface area contributed by atoms with E-state index in [1.807, 2.05) is 0 Å². The normalized spacial score (nSPS) is 21.8. The molecule has 0 heterocycles. The van der Waals surface area contributed by atoms with Gasteiger partial charge in [0.05, 0.1) is 0 Å². The van der Waals surface area contributed by atoms with Crippen LogP contribution in [0.1, 0.15) is 32.6 Å². The van der Waals surface area contributed by atoms with Crippen molar-refractivity contribution in [2.75, 3.05) is 6.54 Å². The van der Waals surface area contributed by atoms with Crippen molar-refractivity contribution in [3.8, 4) is 0 Å². The molecule has 0 saturated carbocycles. The summed E-state index contributed by atoms with van der Waals surface area (Å²) >= 11 is 0. The van der Waals surface area contributed by atoms with Gasteiger partial charge in [-0.3, -0.25) is 0 Å². The van der Waals surface area contributed by atoms with Crippen molar-refractivity contribution in [1.29, 1.82) is 0 Å². The van der Waals surface area contributed by atoms with Gasteiger partial charge in [-0.15, -0.1) is 0 Å². The third-order valence-electron chi connectivity index (χ3n) is 2.69. The summed E-state index contributed by atoms with van der Waals surface area (Å²) in [5.41, 5.74) is 6.09. The van der Waals surface area contributed by atoms with E-state index in [0.29, 0.717) is 5.41 Å². The smallest absolute Gasteiger partial charge is 0.00718 e. The van der Waals surface area contributed by atoms with E-state index in [1.165, 1.54) is 25.7 Å². The fraction of sp³-hybridized carbons (Fsp3) is 0.778. The predicted molar refractivity (Wildman–Crippen MR) is 44.8 cm³/mol. The molecule has 0 unspecified atom stereocenters. The zero-order chi connectivity index (χ0) is 7.45. The van der Waals surface area contributed by atoms with Crippen LogP contribution in [0.15, 0.2) is 12.2 Å². The third kappa shape index (κ3) is 1.40. The van der Waals surface area contributed by atoms with Crippen molar-refractivity contribution >= 4 is 0 Å². The van der Waals surface area contributed by atoms with Gasteiger partial charge in [-0.05, 0) is 37.6 Å². The van der Waals surface area contributed by atoms with Gasteiger partial charge in [-0.1, -0.05) is 19.1 Å². The largest absolute Gasteiger partial charge is 0.330 e. The average molecular weight is 139 g/mol. The minimum Gasteiger partial charge on any atom is -0.330 e. The Morgan fingerprint density at radius 3 is 2.40 bits per heavy atom. The third-order valence-corrected chi connectivity index (χ3v) is 2.69. The summed E-state index contributed by atoms with van der Waals surface area (Å²) in [6.45, 7) is 3.11. The molecule has 0 atom stereocenters. The van der Waals surface area contributed by atoms with Gasteiger partial charge < -0.3 is 5.73 Å². The van der Waals surface area contributed by atoms with Gasteiger partial charge >= 0.3 is 0 Å². The van der Waals surface area contributed by atoms with Gasteiger partial charge in [0.25, 0.3) is 0 Å². The number of hydrogen-bond donors (Lipinski definition) is 1. The number of rotatable bonds is 3. The maximum absolute atomic E-state index is 5.54. The zero-order valence-corrected chi connectivity index (χ0v) is 6.77. The molecule has 0 aliphatic heterocycles. The molecule has 1 aliphatic carbocycles. The first-order valence-electron chi connectivity index (χ1n) is 4.18. The van der Waals surface area contributed by atoms with Crippen LogP contribution in [-0.2, 0) is 0 Å². The quantitative estimate of drug-likeness (QED) is 0.595. The summed E-state index contributed by atoms with van der Waals surface area (Å²) in [4.78, 5) is 0. The molecule has 0 amide bonds. The summed E-state index contributed by atoms with van der Waals surface area (Å²) in [5, 5.41) is 0. The monoisotopic (exact) mass is 139 g/mol. The highest BCUT2D eigenvalue weighted by atomic mass is 14.5. The molecular formula is C9H17N. The predicted octanol–water partition coefficient (Wildman–Crippen LogP) is 2.08. The van der Waals surface area contributed by atoms with Crippen LogP contribution in [0.3, 0.4) is 0 Å². The van der Waals surface area contributed by atoms with E-state index in [0.717, 1.165) is 6.54 Å². The van der Waals surface area contributed by atoms with Gasteiger partial charge in [0.15, 0.2) is 0 Å². The molecular weight excluding hydrogens is 122 g/mol. The van der Waals surface area contributed by atoms with Crippen LogP contribution in [0.2, 0.25) is 0 Å². The first-order valence-corrected chi connectivity index (χ1v) is 4.18. The van der Waals surface area contributed by atoms with Crippen molar-refractivity contribution < 1.29 is 0 Å². The topological polar surface area (TPSA) is 26.0 Å². The average Bonchev–Trinajstić information content (AvgIpc) is 2.39. The van der Waals surface area contributed by atoms with E-state index in [9.17, 15) is 0 Å². The molecule has 1 nitrogen and oxygen atoms in total. The molecule has 0 radical (unpaired) electrons. The fourth-order valence-electron chi connectivity index (χ4n) is 1.73. The SMILES string of the molecule is CCC1(CCN)CC=CC1.